The maximum atomic E-state index is 11.6. The zero-order chi connectivity index (χ0) is 13.6. The molecule has 1 rings (SSSR count). The van der Waals surface area contributed by atoms with Gasteiger partial charge in [0.25, 0.3) is 0 Å². The zero-order valence-electron chi connectivity index (χ0n) is 12.2. The van der Waals surface area contributed by atoms with Crippen molar-refractivity contribution in [1.82, 2.24) is 5.32 Å². The molecule has 3 nitrogen and oxygen atoms in total. The first kappa shape index (κ1) is 15.8. The van der Waals surface area contributed by atoms with Gasteiger partial charge >= 0.3 is 5.97 Å². The normalized spacial score (nSPS) is 19.6. The van der Waals surface area contributed by atoms with Gasteiger partial charge < -0.3 is 10.1 Å². The lowest BCUT2D eigenvalue weighted by molar-refractivity contribution is -0.150. The molecular weight excluding hydrogens is 246 g/mol. The number of carbonyl (C=O) groups excluding carboxylic acids is 1. The van der Waals surface area contributed by atoms with Gasteiger partial charge in [-0.25, -0.2) is 0 Å². The molecule has 1 saturated carbocycles. The van der Waals surface area contributed by atoms with E-state index in [1.165, 1.54) is 39.2 Å². The molecule has 4 heteroatoms. The highest BCUT2D eigenvalue weighted by Crippen LogP contribution is 2.38. The number of hydrogen-bond acceptors (Lipinski definition) is 4. The third-order valence-corrected chi connectivity index (χ3v) is 5.37. The SMILES string of the molecule is COC(=O)C(C)(C)CNCC1(SC)CCCCC1. The van der Waals surface area contributed by atoms with Crippen LogP contribution in [0.15, 0.2) is 0 Å². The van der Waals surface area contributed by atoms with Crippen LogP contribution in [0.4, 0.5) is 0 Å². The van der Waals surface area contributed by atoms with Crippen LogP contribution >= 0.6 is 11.8 Å². The van der Waals surface area contributed by atoms with Gasteiger partial charge in [0, 0.05) is 17.8 Å². The van der Waals surface area contributed by atoms with Gasteiger partial charge in [0.2, 0.25) is 0 Å². The Hall–Kier alpha value is -0.220. The Morgan fingerprint density at radius 1 is 1.33 bits per heavy atom. The standard InChI is InChI=1S/C14H27NO2S/c1-13(2,12(16)17-3)10-15-11-14(18-4)8-6-5-7-9-14/h15H,5-11H2,1-4H3. The molecule has 1 N–H and O–H groups in total. The molecule has 0 bridgehead atoms. The largest absolute Gasteiger partial charge is 0.469 e. The van der Waals surface area contributed by atoms with E-state index in [9.17, 15) is 4.79 Å². The van der Waals surface area contributed by atoms with Crippen molar-refractivity contribution >= 4 is 17.7 Å². The molecule has 0 amide bonds. The van der Waals surface area contributed by atoms with Crippen LogP contribution in [0, 0.1) is 5.41 Å². The quantitative estimate of drug-likeness (QED) is 0.755. The molecule has 106 valence electrons. The van der Waals surface area contributed by atoms with E-state index in [4.69, 9.17) is 4.74 Å². The highest BCUT2D eigenvalue weighted by molar-refractivity contribution is 8.00. The summed E-state index contributed by atoms with van der Waals surface area (Å²) in [5.74, 6) is -0.142. The van der Waals surface area contributed by atoms with E-state index < -0.39 is 5.41 Å². The van der Waals surface area contributed by atoms with Gasteiger partial charge in [-0.3, -0.25) is 4.79 Å². The predicted molar refractivity (Wildman–Crippen MR) is 78.0 cm³/mol. The minimum absolute atomic E-state index is 0.142. The van der Waals surface area contributed by atoms with Gasteiger partial charge in [0.1, 0.15) is 0 Å². The summed E-state index contributed by atoms with van der Waals surface area (Å²) < 4.78 is 5.20. The molecule has 0 atom stereocenters. The van der Waals surface area contributed by atoms with Crippen LogP contribution in [-0.4, -0.2) is 37.2 Å². The van der Waals surface area contributed by atoms with Crippen molar-refractivity contribution in [3.05, 3.63) is 0 Å². The Labute approximate surface area is 115 Å². The second-order valence-electron chi connectivity index (χ2n) is 5.93. The molecule has 0 unspecified atom stereocenters. The van der Waals surface area contributed by atoms with Gasteiger partial charge in [0.15, 0.2) is 0 Å². The van der Waals surface area contributed by atoms with Crippen LogP contribution in [0.1, 0.15) is 46.0 Å². The lowest BCUT2D eigenvalue weighted by Crippen LogP contribution is -2.44. The molecule has 0 radical (unpaired) electrons. The number of esters is 1. The minimum Gasteiger partial charge on any atom is -0.469 e. The van der Waals surface area contributed by atoms with E-state index >= 15 is 0 Å². The van der Waals surface area contributed by atoms with E-state index in [1.807, 2.05) is 25.6 Å². The fraction of sp³-hybridized carbons (Fsp3) is 0.929. The molecule has 1 aliphatic rings. The molecule has 18 heavy (non-hydrogen) atoms. The lowest BCUT2D eigenvalue weighted by atomic mass is 9.87. The lowest BCUT2D eigenvalue weighted by Gasteiger charge is -2.37. The van der Waals surface area contributed by atoms with Crippen LogP contribution in [0.25, 0.3) is 0 Å². The number of rotatable bonds is 6. The molecule has 1 fully saturated rings. The Kier molecular flexibility index (Phi) is 5.99. The van der Waals surface area contributed by atoms with Gasteiger partial charge in [-0.05, 0) is 32.9 Å². The van der Waals surface area contributed by atoms with Gasteiger partial charge in [-0.1, -0.05) is 19.3 Å². The number of hydrogen-bond donors (Lipinski definition) is 1. The average Bonchev–Trinajstić information content (AvgIpc) is 2.38. The first-order valence-electron chi connectivity index (χ1n) is 6.80. The number of thioether (sulfide) groups is 1. The van der Waals surface area contributed by atoms with Crippen molar-refractivity contribution in [3.8, 4) is 0 Å². The van der Waals surface area contributed by atoms with Crippen LogP contribution in [-0.2, 0) is 9.53 Å². The Bertz CT molecular complexity index is 273. The van der Waals surface area contributed by atoms with E-state index in [1.54, 1.807) is 0 Å². The van der Waals surface area contributed by atoms with Crippen molar-refractivity contribution in [2.75, 3.05) is 26.5 Å². The van der Waals surface area contributed by atoms with Crippen LogP contribution in [0.3, 0.4) is 0 Å². The van der Waals surface area contributed by atoms with Crippen molar-refractivity contribution in [2.45, 2.75) is 50.7 Å². The van der Waals surface area contributed by atoms with Gasteiger partial charge in [-0.2, -0.15) is 11.8 Å². The number of ether oxygens (including phenoxy) is 1. The molecule has 0 spiro atoms. The monoisotopic (exact) mass is 273 g/mol. The summed E-state index contributed by atoms with van der Waals surface area (Å²) in [4.78, 5) is 11.6. The van der Waals surface area contributed by atoms with Crippen molar-refractivity contribution in [2.24, 2.45) is 5.41 Å². The number of carbonyl (C=O) groups is 1. The predicted octanol–water partition coefficient (Wildman–Crippen LogP) is 2.84. The van der Waals surface area contributed by atoms with E-state index in [2.05, 4.69) is 11.6 Å². The van der Waals surface area contributed by atoms with Gasteiger partial charge in [0.05, 0.1) is 12.5 Å². The highest BCUT2D eigenvalue weighted by Gasteiger charge is 2.33. The van der Waals surface area contributed by atoms with Gasteiger partial charge in [-0.15, -0.1) is 0 Å². The van der Waals surface area contributed by atoms with Crippen molar-refractivity contribution in [1.29, 1.82) is 0 Å². The summed E-state index contributed by atoms with van der Waals surface area (Å²) >= 11 is 1.98. The van der Waals surface area contributed by atoms with Crippen LogP contribution in [0.5, 0.6) is 0 Å². The fourth-order valence-electron chi connectivity index (χ4n) is 2.60. The third-order valence-electron chi connectivity index (χ3n) is 3.95. The maximum absolute atomic E-state index is 11.6. The summed E-state index contributed by atoms with van der Waals surface area (Å²) in [6.45, 7) is 5.54. The van der Waals surface area contributed by atoms with Crippen molar-refractivity contribution < 1.29 is 9.53 Å². The second-order valence-corrected chi connectivity index (χ2v) is 7.20. The summed E-state index contributed by atoms with van der Waals surface area (Å²) in [7, 11) is 1.45. The topological polar surface area (TPSA) is 38.3 Å². The first-order valence-corrected chi connectivity index (χ1v) is 8.02. The molecule has 0 aromatic rings. The molecular formula is C14H27NO2S. The smallest absolute Gasteiger partial charge is 0.312 e. The van der Waals surface area contributed by atoms with Crippen LogP contribution in [0.2, 0.25) is 0 Å². The first-order chi connectivity index (χ1) is 8.46. The molecule has 0 aromatic carbocycles. The van der Waals surface area contributed by atoms with Crippen LogP contribution < -0.4 is 5.32 Å². The third kappa shape index (κ3) is 4.16. The van der Waals surface area contributed by atoms with Crippen molar-refractivity contribution in [3.63, 3.8) is 0 Å². The number of nitrogens with one attached hydrogen (secondary N) is 1. The Morgan fingerprint density at radius 2 is 1.94 bits per heavy atom. The fourth-order valence-corrected chi connectivity index (χ4v) is 3.54. The van der Waals surface area contributed by atoms with E-state index in [0.29, 0.717) is 11.3 Å². The Balaban J connectivity index is 2.42. The summed E-state index contributed by atoms with van der Waals surface area (Å²) in [6.07, 6.45) is 8.83. The highest BCUT2D eigenvalue weighted by atomic mass is 32.2. The minimum atomic E-state index is -0.441. The summed E-state index contributed by atoms with van der Waals surface area (Å²) in [6, 6.07) is 0. The molecule has 1 aliphatic carbocycles. The van der Waals surface area contributed by atoms with E-state index in [0.717, 1.165) is 6.54 Å². The maximum Gasteiger partial charge on any atom is 0.312 e. The average molecular weight is 273 g/mol. The molecule has 0 heterocycles. The molecule has 0 saturated heterocycles. The molecule has 0 aromatic heterocycles. The second kappa shape index (κ2) is 6.80. The number of methoxy groups -OCH3 is 1. The Morgan fingerprint density at radius 3 is 2.44 bits per heavy atom. The summed E-state index contributed by atoms with van der Waals surface area (Å²) in [5, 5.41) is 3.48. The van der Waals surface area contributed by atoms with E-state index in [-0.39, 0.29) is 5.97 Å². The summed E-state index contributed by atoms with van der Waals surface area (Å²) in [5.41, 5.74) is -0.441. The molecule has 0 aliphatic heterocycles. The zero-order valence-corrected chi connectivity index (χ0v) is 13.0.